The normalized spacial score (nSPS) is 11.6. The maximum atomic E-state index is 12.4. The van der Waals surface area contributed by atoms with E-state index in [0.29, 0.717) is 17.6 Å². The molecule has 0 atom stereocenters. The first kappa shape index (κ1) is 24.9. The maximum Gasteiger partial charge on any atom is 0.250 e. The van der Waals surface area contributed by atoms with Crippen LogP contribution >= 0.6 is 11.8 Å². The number of carbonyl (C=O) groups is 1. The highest BCUT2D eigenvalue weighted by molar-refractivity contribution is 7.99. The molecule has 2 aromatic carbocycles. The average molecular weight is 499 g/mol. The van der Waals surface area contributed by atoms with Crippen molar-refractivity contribution >= 4 is 30.0 Å². The molecule has 0 radical (unpaired) electrons. The first-order valence-corrected chi connectivity index (χ1v) is 12.4. The summed E-state index contributed by atoms with van der Waals surface area (Å²) in [5.41, 5.74) is 6.24. The summed E-state index contributed by atoms with van der Waals surface area (Å²) in [4.78, 5) is 16.6. The predicted octanol–water partition coefficient (Wildman–Crippen LogP) is 5.03. The van der Waals surface area contributed by atoms with Crippen molar-refractivity contribution in [3.8, 4) is 22.8 Å². The molecule has 2 heterocycles. The minimum Gasteiger partial charge on any atom is -0.494 e. The van der Waals surface area contributed by atoms with Crippen LogP contribution in [0, 0.1) is 0 Å². The number of benzene rings is 2. The summed E-state index contributed by atoms with van der Waals surface area (Å²) in [5, 5.41) is 13.4. The Morgan fingerprint density at radius 3 is 2.61 bits per heavy atom. The van der Waals surface area contributed by atoms with Crippen molar-refractivity contribution in [2.24, 2.45) is 5.10 Å². The van der Waals surface area contributed by atoms with Crippen LogP contribution in [0.4, 0.5) is 0 Å². The molecule has 1 amide bonds. The third-order valence-electron chi connectivity index (χ3n) is 4.94. The van der Waals surface area contributed by atoms with E-state index >= 15 is 0 Å². The van der Waals surface area contributed by atoms with Gasteiger partial charge in [-0.2, -0.15) is 5.10 Å². The van der Waals surface area contributed by atoms with E-state index < -0.39 is 0 Å². The van der Waals surface area contributed by atoms with Gasteiger partial charge in [0, 0.05) is 23.6 Å². The van der Waals surface area contributed by atoms with Crippen LogP contribution in [-0.4, -0.2) is 44.2 Å². The van der Waals surface area contributed by atoms with E-state index in [-0.39, 0.29) is 11.7 Å². The summed E-state index contributed by atoms with van der Waals surface area (Å²) in [6, 6.07) is 21.4. The molecular weight excluding hydrogens is 472 g/mol. The highest BCUT2D eigenvalue weighted by Crippen LogP contribution is 2.28. The molecule has 4 aromatic rings. The molecule has 4 rings (SSSR count). The number of hydrogen-bond acceptors (Lipinski definition) is 7. The molecule has 0 spiro atoms. The van der Waals surface area contributed by atoms with Crippen molar-refractivity contribution in [1.82, 2.24) is 25.2 Å². The molecule has 0 fully saturated rings. The summed E-state index contributed by atoms with van der Waals surface area (Å²) in [7, 11) is 0. The van der Waals surface area contributed by atoms with E-state index in [2.05, 4.69) is 25.7 Å². The minimum absolute atomic E-state index is 0.126. The van der Waals surface area contributed by atoms with Crippen LogP contribution in [-0.2, 0) is 4.79 Å². The molecule has 0 aliphatic heterocycles. The molecule has 2 aromatic heterocycles. The quantitative estimate of drug-likeness (QED) is 0.187. The van der Waals surface area contributed by atoms with Gasteiger partial charge in [-0.3, -0.25) is 14.3 Å². The molecule has 1 N–H and O–H groups in total. The third-order valence-corrected chi connectivity index (χ3v) is 5.87. The van der Waals surface area contributed by atoms with Gasteiger partial charge in [0.1, 0.15) is 5.75 Å². The molecule has 0 saturated carbocycles. The summed E-state index contributed by atoms with van der Waals surface area (Å²) in [6.45, 7) is 4.46. The highest BCUT2D eigenvalue weighted by atomic mass is 32.2. The smallest absolute Gasteiger partial charge is 0.250 e. The van der Waals surface area contributed by atoms with Crippen molar-refractivity contribution < 1.29 is 9.53 Å². The standard InChI is InChI=1S/C27H26N6O2S/c1-3-35-24-13-11-23(12-14-24)33-26(22-10-7-15-28-18-22)31-32-27(33)36-19-25(34)30-29-17-20(2)16-21-8-5-4-6-9-21/h4-18H,3,19H2,1-2H3,(H,30,34). The monoisotopic (exact) mass is 498 g/mol. The number of thioether (sulfide) groups is 1. The number of ether oxygens (including phenoxy) is 1. The minimum atomic E-state index is -0.243. The highest BCUT2D eigenvalue weighted by Gasteiger charge is 2.17. The lowest BCUT2D eigenvalue weighted by Gasteiger charge is -2.11. The van der Waals surface area contributed by atoms with Gasteiger partial charge in [-0.25, -0.2) is 5.43 Å². The number of nitrogens with one attached hydrogen (secondary N) is 1. The van der Waals surface area contributed by atoms with Crippen LogP contribution < -0.4 is 10.2 Å². The van der Waals surface area contributed by atoms with Gasteiger partial charge in [-0.1, -0.05) is 48.2 Å². The second-order valence-electron chi connectivity index (χ2n) is 7.69. The van der Waals surface area contributed by atoms with Crippen LogP contribution in [0.25, 0.3) is 23.2 Å². The number of aromatic nitrogens is 4. The number of nitrogens with zero attached hydrogens (tertiary/aromatic N) is 5. The van der Waals surface area contributed by atoms with Crippen molar-refractivity contribution in [3.63, 3.8) is 0 Å². The Morgan fingerprint density at radius 1 is 1.08 bits per heavy atom. The molecule has 9 heteroatoms. The summed E-state index contributed by atoms with van der Waals surface area (Å²) in [5.74, 6) is 1.30. The van der Waals surface area contributed by atoms with Crippen LogP contribution in [0.15, 0.2) is 95.0 Å². The van der Waals surface area contributed by atoms with E-state index in [1.165, 1.54) is 11.8 Å². The van der Waals surface area contributed by atoms with E-state index in [0.717, 1.165) is 28.1 Å². The molecule has 182 valence electrons. The molecular formula is C27H26N6O2S. The van der Waals surface area contributed by atoms with Crippen LogP contribution in [0.5, 0.6) is 5.75 Å². The lowest BCUT2D eigenvalue weighted by molar-refractivity contribution is -0.118. The number of rotatable bonds is 10. The van der Waals surface area contributed by atoms with Gasteiger partial charge in [0.2, 0.25) is 0 Å². The first-order chi connectivity index (χ1) is 17.6. The molecule has 0 aliphatic rings. The first-order valence-electron chi connectivity index (χ1n) is 11.4. The second kappa shape index (κ2) is 12.5. The van der Waals surface area contributed by atoms with Crippen molar-refractivity contribution in [3.05, 3.63) is 90.3 Å². The molecule has 0 unspecified atom stereocenters. The van der Waals surface area contributed by atoms with Gasteiger partial charge in [0.25, 0.3) is 5.91 Å². The topological polar surface area (TPSA) is 94.3 Å². The number of hydrogen-bond donors (Lipinski definition) is 1. The molecule has 0 aliphatic carbocycles. The molecule has 36 heavy (non-hydrogen) atoms. The van der Waals surface area contributed by atoms with Crippen molar-refractivity contribution in [1.29, 1.82) is 0 Å². The zero-order valence-corrected chi connectivity index (χ0v) is 20.9. The molecule has 0 saturated heterocycles. The lowest BCUT2D eigenvalue weighted by atomic mass is 10.1. The van der Waals surface area contributed by atoms with E-state index in [1.54, 1.807) is 18.6 Å². The number of carbonyl (C=O) groups excluding carboxylic acids is 1. The third kappa shape index (κ3) is 6.67. The maximum absolute atomic E-state index is 12.4. The Labute approximate surface area is 214 Å². The van der Waals surface area contributed by atoms with Gasteiger partial charge < -0.3 is 4.74 Å². The lowest BCUT2D eigenvalue weighted by Crippen LogP contribution is -2.20. The van der Waals surface area contributed by atoms with Gasteiger partial charge in [0.15, 0.2) is 11.0 Å². The van der Waals surface area contributed by atoms with Gasteiger partial charge >= 0.3 is 0 Å². The largest absolute Gasteiger partial charge is 0.494 e. The van der Waals surface area contributed by atoms with Gasteiger partial charge in [0.05, 0.1) is 18.6 Å². The Balaban J connectivity index is 1.46. The Kier molecular flexibility index (Phi) is 8.61. The zero-order valence-electron chi connectivity index (χ0n) is 20.0. The zero-order chi connectivity index (χ0) is 25.2. The fourth-order valence-corrected chi connectivity index (χ4v) is 4.10. The van der Waals surface area contributed by atoms with E-state index in [9.17, 15) is 4.79 Å². The van der Waals surface area contributed by atoms with Gasteiger partial charge in [-0.15, -0.1) is 10.2 Å². The SMILES string of the molecule is CCOc1ccc(-n2c(SCC(=O)NN=CC(C)=Cc3ccccc3)nnc2-c2cccnc2)cc1. The van der Waals surface area contributed by atoms with Crippen molar-refractivity contribution in [2.45, 2.75) is 19.0 Å². The average Bonchev–Trinajstić information content (AvgIpc) is 3.33. The summed E-state index contributed by atoms with van der Waals surface area (Å²) in [6.07, 6.45) is 7.05. The summed E-state index contributed by atoms with van der Waals surface area (Å²) >= 11 is 1.28. The molecule has 0 bridgehead atoms. The fraction of sp³-hybridized carbons (Fsp3) is 0.148. The van der Waals surface area contributed by atoms with Crippen LogP contribution in [0.1, 0.15) is 19.4 Å². The number of amides is 1. The van der Waals surface area contributed by atoms with E-state index in [4.69, 9.17) is 4.74 Å². The number of pyridine rings is 1. The van der Waals surface area contributed by atoms with Crippen LogP contribution in [0.2, 0.25) is 0 Å². The molecule has 8 nitrogen and oxygen atoms in total. The number of hydrazone groups is 1. The summed E-state index contributed by atoms with van der Waals surface area (Å²) < 4.78 is 7.47. The van der Waals surface area contributed by atoms with Crippen molar-refractivity contribution in [2.75, 3.05) is 12.4 Å². The number of allylic oxidation sites excluding steroid dienone is 1. The fourth-order valence-electron chi connectivity index (χ4n) is 3.35. The Morgan fingerprint density at radius 2 is 1.89 bits per heavy atom. The van der Waals surface area contributed by atoms with Crippen LogP contribution in [0.3, 0.4) is 0 Å². The second-order valence-corrected chi connectivity index (χ2v) is 8.63. The van der Waals surface area contributed by atoms with Gasteiger partial charge in [-0.05, 0) is 61.4 Å². The van der Waals surface area contributed by atoms with E-state index in [1.807, 2.05) is 91.2 Å². The Hall–Kier alpha value is -4.24. The predicted molar refractivity (Wildman–Crippen MR) is 143 cm³/mol. The Bertz CT molecular complexity index is 1340.